The molecule has 19 atom stereocenters. The molecule has 2 aliphatic heterocycles. The molecule has 21 N–H and O–H groups in total. The summed E-state index contributed by atoms with van der Waals surface area (Å²) in [6.07, 6.45) is -12.2. The number of hydrogen-bond donors (Lipinski definition) is 9. The molecule has 374 valence electrons. The first-order valence-corrected chi connectivity index (χ1v) is 20.7. The van der Waals surface area contributed by atoms with Gasteiger partial charge < -0.3 is 93.3 Å². The van der Waals surface area contributed by atoms with E-state index in [9.17, 15) is 60.0 Å². The average molecular weight is 930 g/mol. The molecule has 0 aromatic carbocycles. The molecule has 5 aliphatic carbocycles. The van der Waals surface area contributed by atoms with E-state index in [0.29, 0.717) is 25.7 Å². The maximum Gasteiger partial charge on any atom is 0.335 e. The second kappa shape index (κ2) is 19.4. The summed E-state index contributed by atoms with van der Waals surface area (Å²) in [4.78, 5) is 51.3. The van der Waals surface area contributed by atoms with Gasteiger partial charge in [-0.2, -0.15) is 0 Å². The Labute approximate surface area is 371 Å². The number of carboxylic acids is 3. The van der Waals surface area contributed by atoms with E-state index >= 15 is 0 Å². The zero-order chi connectivity index (χ0) is 42.9. The summed E-state index contributed by atoms with van der Waals surface area (Å²) in [5, 5.41) is 83.0. The number of hydrogen-bond acceptors (Lipinski definition) is 14. The van der Waals surface area contributed by atoms with Crippen LogP contribution in [0.4, 0.5) is 0 Å². The number of carbonyl (C=O) groups excluding carboxylic acids is 1. The summed E-state index contributed by atoms with van der Waals surface area (Å²) < 4.78 is 23.4. The predicted molar refractivity (Wildman–Crippen MR) is 223 cm³/mol. The molecule has 7 rings (SSSR count). The van der Waals surface area contributed by atoms with Gasteiger partial charge in [0.2, 0.25) is 0 Å². The minimum atomic E-state index is -2.05. The van der Waals surface area contributed by atoms with E-state index in [0.717, 1.165) is 37.7 Å². The van der Waals surface area contributed by atoms with Crippen molar-refractivity contribution in [1.29, 1.82) is 0 Å². The Balaban J connectivity index is 0.00000341. The van der Waals surface area contributed by atoms with Crippen molar-refractivity contribution < 1.29 is 106 Å². The average Bonchev–Trinajstić information content (AvgIpc) is 3.13. The molecular formula is C42H75NO21. The largest absolute Gasteiger partial charge is 0.481 e. The van der Waals surface area contributed by atoms with Gasteiger partial charge in [0.05, 0.1) is 11.5 Å². The highest BCUT2D eigenvalue weighted by Gasteiger charge is 2.71. The van der Waals surface area contributed by atoms with E-state index < -0.39 is 107 Å². The summed E-state index contributed by atoms with van der Waals surface area (Å²) in [6, 6.07) is 0. The van der Waals surface area contributed by atoms with Crippen LogP contribution >= 0.6 is 0 Å². The first kappa shape index (κ1) is 59.2. The third-order valence-electron chi connectivity index (χ3n) is 17.2. The number of rotatable bonds is 7. The quantitative estimate of drug-likeness (QED) is 0.128. The van der Waals surface area contributed by atoms with E-state index in [1.54, 1.807) is 0 Å². The van der Waals surface area contributed by atoms with Crippen LogP contribution in [0.1, 0.15) is 106 Å². The second-order valence-electron chi connectivity index (χ2n) is 20.6. The lowest BCUT2D eigenvalue weighted by Crippen LogP contribution is -2.68. The minimum Gasteiger partial charge on any atom is -0.481 e. The van der Waals surface area contributed by atoms with Gasteiger partial charge in [0.15, 0.2) is 30.6 Å². The molecule has 0 aromatic heterocycles. The summed E-state index contributed by atoms with van der Waals surface area (Å²) in [6.45, 7) is 14.8. The number of carboxylic acid groups (broad SMARTS) is 3. The van der Waals surface area contributed by atoms with Crippen molar-refractivity contribution in [2.75, 3.05) is 0 Å². The Morgan fingerprint density at radius 3 is 1.73 bits per heavy atom. The van der Waals surface area contributed by atoms with Crippen LogP contribution < -0.4 is 6.15 Å². The predicted octanol–water partition coefficient (Wildman–Crippen LogP) is -1.72. The van der Waals surface area contributed by atoms with Gasteiger partial charge in [-0.1, -0.05) is 47.1 Å². The van der Waals surface area contributed by atoms with E-state index in [-0.39, 0.29) is 67.9 Å². The fraction of sp³-hybridized carbons (Fsp3) is 0.857. The van der Waals surface area contributed by atoms with Crippen LogP contribution in [0.3, 0.4) is 0 Å². The number of ketones is 1. The number of allylic oxidation sites excluding steroid dienone is 2. The van der Waals surface area contributed by atoms with Crippen LogP contribution in [-0.4, -0.2) is 159 Å². The van der Waals surface area contributed by atoms with Crippen LogP contribution in [0.5, 0.6) is 0 Å². The van der Waals surface area contributed by atoms with E-state index in [1.807, 2.05) is 26.8 Å². The smallest absolute Gasteiger partial charge is 0.335 e. The molecule has 6 fully saturated rings. The normalized spacial score (nSPS) is 47.6. The van der Waals surface area contributed by atoms with Crippen LogP contribution in [0.2, 0.25) is 0 Å². The Bertz CT molecular complexity index is 1750. The highest BCUT2D eigenvalue weighted by molar-refractivity contribution is 5.95. The summed E-state index contributed by atoms with van der Waals surface area (Å²) in [7, 11) is 0. The van der Waals surface area contributed by atoms with Gasteiger partial charge in [0.25, 0.3) is 0 Å². The van der Waals surface area contributed by atoms with Crippen LogP contribution in [0.15, 0.2) is 11.6 Å². The number of fused-ring (bicyclic) bond motifs is 7. The molecule has 0 radical (unpaired) electrons. The van der Waals surface area contributed by atoms with Crippen LogP contribution in [-0.2, 0) is 38.1 Å². The Kier molecular flexibility index (Phi) is 18.0. The first-order chi connectivity index (χ1) is 26.8. The van der Waals surface area contributed by atoms with Gasteiger partial charge in [0, 0.05) is 5.92 Å². The molecule has 0 bridgehead atoms. The lowest BCUT2D eigenvalue weighted by molar-refractivity contribution is -0.371. The van der Waals surface area contributed by atoms with Crippen molar-refractivity contribution in [3.63, 3.8) is 0 Å². The SMILES string of the molecule is CC1(C)[C@@H](OC2O[C@H](C(=O)O)[C@@H](O)[C@H](O)[C@H]2O[C@@H]2O[C@H](C(=O)O)[C@@H](O)[C@H](O)[C@H]2O)CC[C@]2(C)[C@H]3C(=O)C=C4[C@@H]5C[C@@](C)(C(=O)O)CC[C@]5(C)CC[C@@]4(C)[C@]3(C)CC[C@@H]12.N.O.O.O.O.O. The second-order valence-corrected chi connectivity index (χ2v) is 20.6. The molecular weight excluding hydrogens is 854 g/mol. The molecule has 4 saturated carbocycles. The van der Waals surface area contributed by atoms with Crippen molar-refractivity contribution >= 4 is 23.7 Å². The summed E-state index contributed by atoms with van der Waals surface area (Å²) in [5.41, 5.74) is -1.81. The maximum atomic E-state index is 14.8. The number of aliphatic hydroxyl groups excluding tert-OH is 5. The molecule has 22 nitrogen and oxygen atoms in total. The van der Waals surface area contributed by atoms with Crippen molar-refractivity contribution in [1.82, 2.24) is 6.15 Å². The molecule has 0 amide bonds. The Morgan fingerprint density at radius 1 is 0.656 bits per heavy atom. The minimum absolute atomic E-state index is 0. The van der Waals surface area contributed by atoms with Gasteiger partial charge in [-0.25, -0.2) is 9.59 Å². The zero-order valence-corrected chi connectivity index (χ0v) is 37.6. The van der Waals surface area contributed by atoms with Crippen LogP contribution in [0, 0.1) is 50.2 Å². The molecule has 64 heavy (non-hydrogen) atoms. The number of ether oxygens (including phenoxy) is 4. The topological polar surface area (TPSA) is 460 Å². The molecule has 22 heteroatoms. The highest BCUT2D eigenvalue weighted by atomic mass is 16.8. The van der Waals surface area contributed by atoms with Gasteiger partial charge in [0.1, 0.15) is 36.6 Å². The van der Waals surface area contributed by atoms with E-state index in [2.05, 4.69) is 27.7 Å². The van der Waals surface area contributed by atoms with Gasteiger partial charge in [-0.15, -0.1) is 0 Å². The van der Waals surface area contributed by atoms with Crippen molar-refractivity contribution in [3.05, 3.63) is 11.6 Å². The molecule has 2 heterocycles. The van der Waals surface area contributed by atoms with Gasteiger partial charge in [-0.3, -0.25) is 9.59 Å². The molecule has 1 unspecified atom stereocenters. The van der Waals surface area contributed by atoms with Crippen molar-refractivity contribution in [2.45, 2.75) is 174 Å². The fourth-order valence-corrected chi connectivity index (χ4v) is 13.4. The Morgan fingerprint density at radius 2 is 1.19 bits per heavy atom. The summed E-state index contributed by atoms with van der Waals surface area (Å²) in [5.74, 6) is -4.47. The fourth-order valence-electron chi connectivity index (χ4n) is 13.4. The number of aliphatic carboxylic acids is 3. The number of aliphatic hydroxyl groups is 5. The molecule has 0 spiro atoms. The maximum absolute atomic E-state index is 14.8. The summed E-state index contributed by atoms with van der Waals surface area (Å²) >= 11 is 0. The lowest BCUT2D eigenvalue weighted by Gasteiger charge is -2.70. The van der Waals surface area contributed by atoms with E-state index in [1.165, 1.54) is 0 Å². The third-order valence-corrected chi connectivity index (χ3v) is 17.2. The first-order valence-electron chi connectivity index (χ1n) is 20.7. The molecule has 0 aromatic rings. The molecule has 7 aliphatic rings. The zero-order valence-electron chi connectivity index (χ0n) is 37.6. The highest BCUT2D eigenvalue weighted by Crippen LogP contribution is 2.75. The Hall–Kier alpha value is -2.78. The van der Waals surface area contributed by atoms with Gasteiger partial charge in [-0.05, 0) is 110 Å². The van der Waals surface area contributed by atoms with Crippen LogP contribution in [0.25, 0.3) is 0 Å². The standard InChI is InChI=1S/C42H62O16.H3N.5H2O/c1-37(2)21-8-11-42(7)31(20(43)16-18-19-17-39(4,36(53)54)13-12-38(19,3)14-15-41(18,42)6)40(21,5)10-9-22(37)55-35-30(26(47)25(46)29(57-35)33(51)52)58-34-27(48)23(44)24(45)28(56-34)32(49)50;;;;;;/h16,19,21-31,34-35,44-48H,8-15,17H2,1-7H3,(H,49,50)(H,51,52)(H,53,54);1H3;5*1H2/t19-,21-,22-,23-,24-,25-,26-,27+,28-,29-,30+,31+,34-,35?,38+,39-,40-,41+,42+;;;;;;/m0....../s1. The monoisotopic (exact) mass is 929 g/mol. The van der Waals surface area contributed by atoms with Gasteiger partial charge >= 0.3 is 17.9 Å². The van der Waals surface area contributed by atoms with Crippen molar-refractivity contribution in [2.24, 2.45) is 50.2 Å². The van der Waals surface area contributed by atoms with Crippen molar-refractivity contribution in [3.8, 4) is 0 Å². The molecule has 2 saturated heterocycles. The third kappa shape index (κ3) is 8.55. The number of carbonyl (C=O) groups is 4. The van der Waals surface area contributed by atoms with E-state index in [4.69, 9.17) is 18.9 Å². The lowest BCUT2D eigenvalue weighted by atomic mass is 9.33.